The SMILES string of the molecule is NC(=O)COc1ccc(CNCCC2CCCCO2)cc1. The smallest absolute Gasteiger partial charge is 0.255 e. The third-order valence-corrected chi connectivity index (χ3v) is 3.55. The lowest BCUT2D eigenvalue weighted by Crippen LogP contribution is -2.25. The average molecular weight is 292 g/mol. The van der Waals surface area contributed by atoms with Gasteiger partial charge in [-0.15, -0.1) is 0 Å². The Labute approximate surface area is 125 Å². The standard InChI is InChI=1S/C16H24N2O3/c17-16(19)12-21-15-6-4-13(5-7-15)11-18-9-8-14-3-1-2-10-20-14/h4-7,14,18H,1-3,8-12H2,(H2,17,19). The van der Waals surface area contributed by atoms with Crippen LogP contribution in [0.25, 0.3) is 0 Å². The first-order valence-electron chi connectivity index (χ1n) is 7.56. The van der Waals surface area contributed by atoms with E-state index >= 15 is 0 Å². The molecule has 1 amide bonds. The molecule has 0 aromatic heterocycles. The van der Waals surface area contributed by atoms with Crippen LogP contribution in [0.5, 0.6) is 5.75 Å². The van der Waals surface area contributed by atoms with Gasteiger partial charge in [-0.05, 0) is 49.9 Å². The lowest BCUT2D eigenvalue weighted by molar-refractivity contribution is -0.119. The number of benzene rings is 1. The Hall–Kier alpha value is -1.59. The maximum absolute atomic E-state index is 10.6. The summed E-state index contributed by atoms with van der Waals surface area (Å²) >= 11 is 0. The van der Waals surface area contributed by atoms with Crippen LogP contribution in [0.1, 0.15) is 31.2 Å². The normalized spacial score (nSPS) is 18.4. The fourth-order valence-electron chi connectivity index (χ4n) is 2.39. The first-order valence-corrected chi connectivity index (χ1v) is 7.56. The summed E-state index contributed by atoms with van der Waals surface area (Å²) in [5, 5.41) is 3.42. The molecule has 2 rings (SSSR count). The minimum atomic E-state index is -0.467. The number of primary amides is 1. The molecule has 0 saturated carbocycles. The molecule has 1 fully saturated rings. The molecule has 21 heavy (non-hydrogen) atoms. The summed E-state index contributed by atoms with van der Waals surface area (Å²) in [4.78, 5) is 10.6. The van der Waals surface area contributed by atoms with Crippen molar-refractivity contribution < 1.29 is 14.3 Å². The van der Waals surface area contributed by atoms with E-state index < -0.39 is 5.91 Å². The fraction of sp³-hybridized carbons (Fsp3) is 0.562. The molecule has 1 aromatic carbocycles. The second-order valence-electron chi connectivity index (χ2n) is 5.35. The van der Waals surface area contributed by atoms with Crippen LogP contribution in [0.15, 0.2) is 24.3 Å². The van der Waals surface area contributed by atoms with Crippen molar-refractivity contribution in [1.29, 1.82) is 0 Å². The van der Waals surface area contributed by atoms with Gasteiger partial charge in [0.25, 0.3) is 5.91 Å². The van der Waals surface area contributed by atoms with Gasteiger partial charge in [-0.25, -0.2) is 0 Å². The number of carbonyl (C=O) groups is 1. The van der Waals surface area contributed by atoms with Crippen LogP contribution in [-0.4, -0.2) is 31.8 Å². The fourth-order valence-corrected chi connectivity index (χ4v) is 2.39. The summed E-state index contributed by atoms with van der Waals surface area (Å²) in [6, 6.07) is 7.68. The quantitative estimate of drug-likeness (QED) is 0.714. The van der Waals surface area contributed by atoms with Crippen LogP contribution in [0.4, 0.5) is 0 Å². The van der Waals surface area contributed by atoms with Crippen LogP contribution >= 0.6 is 0 Å². The highest BCUT2D eigenvalue weighted by atomic mass is 16.5. The largest absolute Gasteiger partial charge is 0.484 e. The molecule has 0 radical (unpaired) electrons. The van der Waals surface area contributed by atoms with Crippen LogP contribution in [0, 0.1) is 0 Å². The van der Waals surface area contributed by atoms with Crippen molar-refractivity contribution in [2.24, 2.45) is 5.73 Å². The van der Waals surface area contributed by atoms with Crippen molar-refractivity contribution in [3.05, 3.63) is 29.8 Å². The Morgan fingerprint density at radius 3 is 2.81 bits per heavy atom. The van der Waals surface area contributed by atoms with Crippen LogP contribution in [0.2, 0.25) is 0 Å². The molecule has 1 aliphatic heterocycles. The highest BCUT2D eigenvalue weighted by Crippen LogP contribution is 2.15. The third kappa shape index (κ3) is 6.14. The van der Waals surface area contributed by atoms with Gasteiger partial charge >= 0.3 is 0 Å². The van der Waals surface area contributed by atoms with Crippen LogP contribution in [0.3, 0.4) is 0 Å². The van der Waals surface area contributed by atoms with E-state index in [-0.39, 0.29) is 6.61 Å². The van der Waals surface area contributed by atoms with E-state index in [2.05, 4.69) is 5.32 Å². The topological polar surface area (TPSA) is 73.6 Å². The van der Waals surface area contributed by atoms with Crippen molar-refractivity contribution >= 4 is 5.91 Å². The lowest BCUT2D eigenvalue weighted by atomic mass is 10.1. The molecular weight excluding hydrogens is 268 g/mol. The van der Waals surface area contributed by atoms with Crippen molar-refractivity contribution in [1.82, 2.24) is 5.32 Å². The Balaban J connectivity index is 1.62. The first kappa shape index (κ1) is 15.8. The number of rotatable bonds is 8. The van der Waals surface area contributed by atoms with Crippen molar-refractivity contribution in [2.45, 2.75) is 38.3 Å². The molecule has 0 bridgehead atoms. The van der Waals surface area contributed by atoms with Crippen molar-refractivity contribution in [3.8, 4) is 5.75 Å². The van der Waals surface area contributed by atoms with Crippen LogP contribution in [-0.2, 0) is 16.1 Å². The van der Waals surface area contributed by atoms with Gasteiger partial charge in [-0.2, -0.15) is 0 Å². The zero-order valence-electron chi connectivity index (χ0n) is 12.3. The molecule has 1 saturated heterocycles. The predicted molar refractivity (Wildman–Crippen MR) is 81.0 cm³/mol. The van der Waals surface area contributed by atoms with Crippen LogP contribution < -0.4 is 15.8 Å². The minimum absolute atomic E-state index is 0.0843. The molecule has 0 aliphatic carbocycles. The number of ether oxygens (including phenoxy) is 2. The van der Waals surface area contributed by atoms with E-state index in [4.69, 9.17) is 15.2 Å². The molecule has 1 unspecified atom stereocenters. The molecule has 0 spiro atoms. The molecule has 5 nitrogen and oxygen atoms in total. The zero-order chi connectivity index (χ0) is 14.9. The number of hydrogen-bond acceptors (Lipinski definition) is 4. The molecule has 1 atom stereocenters. The number of amides is 1. The van der Waals surface area contributed by atoms with E-state index in [0.29, 0.717) is 11.9 Å². The van der Waals surface area contributed by atoms with Gasteiger partial charge in [-0.3, -0.25) is 4.79 Å². The average Bonchev–Trinajstić information content (AvgIpc) is 2.52. The molecular formula is C16H24N2O3. The Bertz CT molecular complexity index is 428. The summed E-state index contributed by atoms with van der Waals surface area (Å²) in [5.41, 5.74) is 6.21. The van der Waals surface area contributed by atoms with Gasteiger partial charge in [0.1, 0.15) is 5.75 Å². The summed E-state index contributed by atoms with van der Waals surface area (Å²) in [7, 11) is 0. The number of nitrogens with one attached hydrogen (secondary N) is 1. The Kier molecular flexibility index (Phi) is 6.50. The molecule has 5 heteroatoms. The number of carbonyl (C=O) groups excluding carboxylic acids is 1. The molecule has 116 valence electrons. The zero-order valence-corrected chi connectivity index (χ0v) is 12.3. The molecule has 1 aromatic rings. The van der Waals surface area contributed by atoms with Gasteiger partial charge in [0.05, 0.1) is 6.10 Å². The summed E-state index contributed by atoms with van der Waals surface area (Å²) < 4.78 is 10.9. The van der Waals surface area contributed by atoms with E-state index in [9.17, 15) is 4.79 Å². The van der Waals surface area contributed by atoms with Gasteiger partial charge in [0.15, 0.2) is 6.61 Å². The monoisotopic (exact) mass is 292 g/mol. The minimum Gasteiger partial charge on any atom is -0.484 e. The van der Waals surface area contributed by atoms with Gasteiger partial charge in [0.2, 0.25) is 0 Å². The molecule has 3 N–H and O–H groups in total. The van der Waals surface area contributed by atoms with E-state index in [1.165, 1.54) is 24.8 Å². The van der Waals surface area contributed by atoms with Crippen molar-refractivity contribution in [3.63, 3.8) is 0 Å². The summed E-state index contributed by atoms with van der Waals surface area (Å²) in [6.45, 7) is 2.61. The van der Waals surface area contributed by atoms with Gasteiger partial charge in [-0.1, -0.05) is 12.1 Å². The van der Waals surface area contributed by atoms with Crippen molar-refractivity contribution in [2.75, 3.05) is 19.8 Å². The second-order valence-corrected chi connectivity index (χ2v) is 5.35. The molecule has 1 aliphatic rings. The lowest BCUT2D eigenvalue weighted by Gasteiger charge is -2.22. The highest BCUT2D eigenvalue weighted by Gasteiger charge is 2.12. The first-order chi connectivity index (χ1) is 10.2. The van der Waals surface area contributed by atoms with E-state index in [0.717, 1.165) is 26.1 Å². The van der Waals surface area contributed by atoms with E-state index in [1.807, 2.05) is 24.3 Å². The van der Waals surface area contributed by atoms with Gasteiger partial charge in [0, 0.05) is 13.2 Å². The predicted octanol–water partition coefficient (Wildman–Crippen LogP) is 1.60. The maximum atomic E-state index is 10.6. The Morgan fingerprint density at radius 1 is 1.33 bits per heavy atom. The maximum Gasteiger partial charge on any atom is 0.255 e. The second kappa shape index (κ2) is 8.64. The number of hydrogen-bond donors (Lipinski definition) is 2. The summed E-state index contributed by atoms with van der Waals surface area (Å²) in [6.07, 6.45) is 5.18. The Morgan fingerprint density at radius 2 is 2.14 bits per heavy atom. The third-order valence-electron chi connectivity index (χ3n) is 3.55. The highest BCUT2D eigenvalue weighted by molar-refractivity contribution is 5.75. The van der Waals surface area contributed by atoms with Gasteiger partial charge < -0.3 is 20.5 Å². The summed E-state index contributed by atoms with van der Waals surface area (Å²) in [5.74, 6) is 0.193. The molecule has 1 heterocycles. The number of nitrogens with two attached hydrogens (primary N) is 1. The van der Waals surface area contributed by atoms with E-state index in [1.54, 1.807) is 0 Å².